The second-order valence-electron chi connectivity index (χ2n) is 4.90. The standard InChI is InChI=1S/C15H24O2/c1-6-17-15(10(2)3)14(16)13-9-7-8-11(4)12(13)5/h7-10,14-16H,6H2,1-5H3. The van der Waals surface area contributed by atoms with Gasteiger partial charge in [0, 0.05) is 6.61 Å². The molecule has 0 aliphatic rings. The molecule has 17 heavy (non-hydrogen) atoms. The fourth-order valence-electron chi connectivity index (χ4n) is 2.11. The molecular weight excluding hydrogens is 212 g/mol. The number of benzene rings is 1. The Labute approximate surface area is 105 Å². The minimum Gasteiger partial charge on any atom is -0.386 e. The SMILES string of the molecule is CCOC(C(C)C)C(O)c1cccc(C)c1C. The average molecular weight is 236 g/mol. The van der Waals surface area contributed by atoms with Crippen LogP contribution < -0.4 is 0 Å². The fourth-order valence-corrected chi connectivity index (χ4v) is 2.11. The van der Waals surface area contributed by atoms with E-state index >= 15 is 0 Å². The third-order valence-electron chi connectivity index (χ3n) is 3.29. The van der Waals surface area contributed by atoms with Crippen LogP contribution in [0.15, 0.2) is 18.2 Å². The van der Waals surface area contributed by atoms with Gasteiger partial charge in [-0.1, -0.05) is 32.0 Å². The van der Waals surface area contributed by atoms with Crippen LogP contribution in [0.2, 0.25) is 0 Å². The van der Waals surface area contributed by atoms with Crippen LogP contribution in [0.25, 0.3) is 0 Å². The first kappa shape index (κ1) is 14.2. The summed E-state index contributed by atoms with van der Waals surface area (Å²) in [6.45, 7) is 10.9. The Morgan fingerprint density at radius 2 is 1.88 bits per heavy atom. The largest absolute Gasteiger partial charge is 0.386 e. The van der Waals surface area contributed by atoms with Gasteiger partial charge in [-0.05, 0) is 43.4 Å². The highest BCUT2D eigenvalue weighted by atomic mass is 16.5. The average Bonchev–Trinajstić information content (AvgIpc) is 2.28. The van der Waals surface area contributed by atoms with Gasteiger partial charge in [-0.25, -0.2) is 0 Å². The summed E-state index contributed by atoms with van der Waals surface area (Å²) in [5, 5.41) is 10.5. The molecular formula is C15H24O2. The van der Waals surface area contributed by atoms with Crippen molar-refractivity contribution in [3.63, 3.8) is 0 Å². The summed E-state index contributed by atoms with van der Waals surface area (Å²) in [6, 6.07) is 6.04. The van der Waals surface area contributed by atoms with E-state index in [2.05, 4.69) is 33.8 Å². The number of hydrogen-bond acceptors (Lipinski definition) is 2. The minimum absolute atomic E-state index is 0.138. The highest BCUT2D eigenvalue weighted by Crippen LogP contribution is 2.28. The van der Waals surface area contributed by atoms with Crippen molar-refractivity contribution in [2.75, 3.05) is 6.61 Å². The molecule has 0 heterocycles. The topological polar surface area (TPSA) is 29.5 Å². The van der Waals surface area contributed by atoms with Crippen molar-refractivity contribution in [1.82, 2.24) is 0 Å². The van der Waals surface area contributed by atoms with Crippen molar-refractivity contribution in [2.24, 2.45) is 5.92 Å². The van der Waals surface area contributed by atoms with Crippen molar-refractivity contribution in [3.8, 4) is 0 Å². The van der Waals surface area contributed by atoms with Crippen molar-refractivity contribution in [2.45, 2.75) is 46.8 Å². The molecule has 0 amide bonds. The Morgan fingerprint density at radius 3 is 2.41 bits per heavy atom. The molecule has 2 heteroatoms. The summed E-state index contributed by atoms with van der Waals surface area (Å²) < 4.78 is 5.66. The summed E-state index contributed by atoms with van der Waals surface area (Å²) >= 11 is 0. The zero-order valence-corrected chi connectivity index (χ0v) is 11.5. The van der Waals surface area contributed by atoms with Gasteiger partial charge < -0.3 is 9.84 Å². The summed E-state index contributed by atoms with van der Waals surface area (Å²) in [7, 11) is 0. The first-order valence-corrected chi connectivity index (χ1v) is 6.34. The van der Waals surface area contributed by atoms with E-state index in [4.69, 9.17) is 4.74 Å². The lowest BCUT2D eigenvalue weighted by Crippen LogP contribution is -2.28. The maximum absolute atomic E-state index is 10.5. The van der Waals surface area contributed by atoms with Crippen molar-refractivity contribution >= 4 is 0 Å². The molecule has 0 aromatic heterocycles. The fraction of sp³-hybridized carbons (Fsp3) is 0.600. The number of rotatable bonds is 5. The smallest absolute Gasteiger partial charge is 0.106 e. The molecule has 0 saturated heterocycles. The molecule has 0 spiro atoms. The molecule has 1 rings (SSSR count). The quantitative estimate of drug-likeness (QED) is 0.849. The Bertz CT molecular complexity index is 358. The van der Waals surface area contributed by atoms with Crippen LogP contribution in [0.1, 0.15) is 43.6 Å². The normalized spacial score (nSPS) is 15.0. The monoisotopic (exact) mass is 236 g/mol. The molecule has 1 aromatic rings. The molecule has 0 aliphatic heterocycles. The number of aryl methyl sites for hydroxylation is 1. The molecule has 0 bridgehead atoms. The van der Waals surface area contributed by atoms with Crippen LogP contribution >= 0.6 is 0 Å². The van der Waals surface area contributed by atoms with E-state index in [9.17, 15) is 5.11 Å². The third-order valence-corrected chi connectivity index (χ3v) is 3.29. The maximum atomic E-state index is 10.5. The minimum atomic E-state index is -0.546. The van der Waals surface area contributed by atoms with Gasteiger partial charge in [-0.3, -0.25) is 0 Å². The van der Waals surface area contributed by atoms with E-state index in [-0.39, 0.29) is 6.10 Å². The number of hydrogen-bond donors (Lipinski definition) is 1. The van der Waals surface area contributed by atoms with E-state index < -0.39 is 6.10 Å². The summed E-state index contributed by atoms with van der Waals surface area (Å²) in [6.07, 6.45) is -0.685. The first-order valence-electron chi connectivity index (χ1n) is 6.34. The van der Waals surface area contributed by atoms with Crippen LogP contribution in [-0.2, 0) is 4.74 Å². The van der Waals surface area contributed by atoms with Gasteiger partial charge in [0.15, 0.2) is 0 Å². The Hall–Kier alpha value is -0.860. The zero-order chi connectivity index (χ0) is 13.0. The summed E-state index contributed by atoms with van der Waals surface area (Å²) in [5.74, 6) is 0.296. The lowest BCUT2D eigenvalue weighted by Gasteiger charge is -2.27. The summed E-state index contributed by atoms with van der Waals surface area (Å²) in [5.41, 5.74) is 3.35. The lowest BCUT2D eigenvalue weighted by molar-refractivity contribution is -0.0587. The lowest BCUT2D eigenvalue weighted by atomic mass is 9.91. The Balaban J connectivity index is 3.00. The molecule has 0 saturated carbocycles. The van der Waals surface area contributed by atoms with Crippen molar-refractivity contribution in [1.29, 1.82) is 0 Å². The highest BCUT2D eigenvalue weighted by Gasteiger charge is 2.25. The van der Waals surface area contributed by atoms with Gasteiger partial charge in [0.1, 0.15) is 6.10 Å². The predicted molar refractivity (Wildman–Crippen MR) is 71.1 cm³/mol. The van der Waals surface area contributed by atoms with Crippen LogP contribution in [0.4, 0.5) is 0 Å². The van der Waals surface area contributed by atoms with Gasteiger partial charge in [-0.2, -0.15) is 0 Å². The molecule has 2 nitrogen and oxygen atoms in total. The van der Waals surface area contributed by atoms with E-state index in [1.54, 1.807) is 0 Å². The van der Waals surface area contributed by atoms with Gasteiger partial charge >= 0.3 is 0 Å². The van der Waals surface area contributed by atoms with E-state index in [0.717, 1.165) is 11.1 Å². The second-order valence-corrected chi connectivity index (χ2v) is 4.90. The molecule has 2 unspecified atom stereocenters. The summed E-state index contributed by atoms with van der Waals surface area (Å²) in [4.78, 5) is 0. The molecule has 2 atom stereocenters. The van der Waals surface area contributed by atoms with Gasteiger partial charge in [0.2, 0.25) is 0 Å². The third kappa shape index (κ3) is 3.30. The second kappa shape index (κ2) is 6.18. The molecule has 1 aromatic carbocycles. The molecule has 96 valence electrons. The number of aliphatic hydroxyl groups excluding tert-OH is 1. The molecule has 0 aliphatic carbocycles. The molecule has 1 N–H and O–H groups in total. The number of ether oxygens (including phenoxy) is 1. The first-order chi connectivity index (χ1) is 7.99. The Morgan fingerprint density at radius 1 is 1.24 bits per heavy atom. The van der Waals surface area contributed by atoms with Crippen LogP contribution in [0, 0.1) is 19.8 Å². The number of aliphatic hydroxyl groups is 1. The van der Waals surface area contributed by atoms with E-state index in [0.29, 0.717) is 12.5 Å². The van der Waals surface area contributed by atoms with Gasteiger partial charge in [-0.15, -0.1) is 0 Å². The van der Waals surface area contributed by atoms with Crippen LogP contribution in [-0.4, -0.2) is 17.8 Å². The highest BCUT2D eigenvalue weighted by molar-refractivity contribution is 5.35. The molecule has 0 radical (unpaired) electrons. The Kier molecular flexibility index (Phi) is 5.16. The van der Waals surface area contributed by atoms with Crippen LogP contribution in [0.3, 0.4) is 0 Å². The maximum Gasteiger partial charge on any atom is 0.106 e. The van der Waals surface area contributed by atoms with Crippen molar-refractivity contribution in [3.05, 3.63) is 34.9 Å². The van der Waals surface area contributed by atoms with E-state index in [1.165, 1.54) is 5.56 Å². The molecule has 0 fully saturated rings. The van der Waals surface area contributed by atoms with Crippen molar-refractivity contribution < 1.29 is 9.84 Å². The van der Waals surface area contributed by atoms with Gasteiger partial charge in [0.05, 0.1) is 6.10 Å². The predicted octanol–water partition coefficient (Wildman–Crippen LogP) is 3.40. The van der Waals surface area contributed by atoms with Gasteiger partial charge in [0.25, 0.3) is 0 Å². The van der Waals surface area contributed by atoms with Crippen LogP contribution in [0.5, 0.6) is 0 Å². The zero-order valence-electron chi connectivity index (χ0n) is 11.5. The van der Waals surface area contributed by atoms with E-state index in [1.807, 2.05) is 19.1 Å².